The Kier molecular flexibility index (Phi) is 7.99. The summed E-state index contributed by atoms with van der Waals surface area (Å²) in [6.07, 6.45) is 1.92. The van der Waals surface area contributed by atoms with Crippen LogP contribution < -0.4 is 5.32 Å². The van der Waals surface area contributed by atoms with E-state index in [4.69, 9.17) is 0 Å². The van der Waals surface area contributed by atoms with Gasteiger partial charge < -0.3 is 10.1 Å². The van der Waals surface area contributed by atoms with Gasteiger partial charge in [-0.15, -0.1) is 0 Å². The molecule has 1 aliphatic heterocycles. The van der Waals surface area contributed by atoms with Crippen LogP contribution in [-0.2, 0) is 9.53 Å². The Hall–Kier alpha value is -0.750. The van der Waals surface area contributed by atoms with Crippen LogP contribution in [0.3, 0.4) is 0 Å². The zero-order valence-corrected chi connectivity index (χ0v) is 12.4. The largest absolute Gasteiger partial charge is 0.468 e. The van der Waals surface area contributed by atoms with Gasteiger partial charge in [0.2, 0.25) is 0 Å². The molecule has 20 heavy (non-hydrogen) atoms. The molecular formula is C14H26F2N2O2. The van der Waals surface area contributed by atoms with E-state index in [9.17, 15) is 13.6 Å². The molecule has 0 spiro atoms. The molecule has 0 aromatic rings. The monoisotopic (exact) mass is 292 g/mol. The first-order chi connectivity index (χ1) is 9.55. The van der Waals surface area contributed by atoms with Gasteiger partial charge in [-0.2, -0.15) is 0 Å². The van der Waals surface area contributed by atoms with E-state index < -0.39 is 6.43 Å². The van der Waals surface area contributed by atoms with E-state index in [1.54, 1.807) is 0 Å². The van der Waals surface area contributed by atoms with Crippen LogP contribution in [0.5, 0.6) is 0 Å². The Labute approximate surface area is 119 Å². The normalized spacial score (nSPS) is 24.1. The number of hydrogen-bond acceptors (Lipinski definition) is 4. The Morgan fingerprint density at radius 1 is 1.45 bits per heavy atom. The van der Waals surface area contributed by atoms with Crippen LogP contribution in [0.15, 0.2) is 0 Å². The second-order valence-electron chi connectivity index (χ2n) is 5.51. The van der Waals surface area contributed by atoms with Crippen LogP contribution in [0.1, 0.15) is 32.6 Å². The zero-order chi connectivity index (χ0) is 15.0. The lowest BCUT2D eigenvalue weighted by Gasteiger charge is -2.37. The molecule has 1 N–H and O–H groups in total. The van der Waals surface area contributed by atoms with E-state index in [1.165, 1.54) is 7.11 Å². The number of likely N-dealkylation sites (tertiary alicyclic amines) is 1. The number of alkyl halides is 2. The maximum absolute atomic E-state index is 12.3. The molecule has 1 saturated heterocycles. The second kappa shape index (κ2) is 9.23. The lowest BCUT2D eigenvalue weighted by Crippen LogP contribution is -2.51. The molecule has 4 nitrogen and oxygen atoms in total. The van der Waals surface area contributed by atoms with E-state index in [0.717, 1.165) is 32.2 Å². The average molecular weight is 292 g/mol. The van der Waals surface area contributed by atoms with Gasteiger partial charge in [-0.3, -0.25) is 9.69 Å². The summed E-state index contributed by atoms with van der Waals surface area (Å²) in [7, 11) is 1.37. The van der Waals surface area contributed by atoms with Gasteiger partial charge >= 0.3 is 5.97 Å². The van der Waals surface area contributed by atoms with Gasteiger partial charge in [-0.25, -0.2) is 8.78 Å². The van der Waals surface area contributed by atoms with Crippen LogP contribution >= 0.6 is 0 Å². The summed E-state index contributed by atoms with van der Waals surface area (Å²) in [5.74, 6) is 0.192. The molecule has 0 amide bonds. The number of hydrogen-bond donors (Lipinski definition) is 1. The minimum absolute atomic E-state index is 0.0317. The van der Waals surface area contributed by atoms with Crippen LogP contribution in [0.25, 0.3) is 0 Å². The topological polar surface area (TPSA) is 41.6 Å². The number of ether oxygens (including phenoxy) is 1. The van der Waals surface area contributed by atoms with Crippen LogP contribution in [-0.4, -0.2) is 56.6 Å². The third-order valence-electron chi connectivity index (χ3n) is 3.72. The maximum atomic E-state index is 12.3. The number of carbonyl (C=O) groups is 1. The first-order valence-electron chi connectivity index (χ1n) is 7.35. The van der Waals surface area contributed by atoms with Gasteiger partial charge in [0, 0.05) is 19.1 Å². The molecule has 2 unspecified atom stereocenters. The highest BCUT2D eigenvalue weighted by Crippen LogP contribution is 2.22. The van der Waals surface area contributed by atoms with Gasteiger partial charge in [0.15, 0.2) is 0 Å². The van der Waals surface area contributed by atoms with Crippen molar-refractivity contribution in [2.45, 2.75) is 45.1 Å². The molecule has 0 saturated carbocycles. The van der Waals surface area contributed by atoms with Gasteiger partial charge in [0.25, 0.3) is 6.43 Å². The van der Waals surface area contributed by atoms with Crippen molar-refractivity contribution in [3.8, 4) is 0 Å². The van der Waals surface area contributed by atoms with Gasteiger partial charge in [-0.1, -0.05) is 19.8 Å². The van der Waals surface area contributed by atoms with Crippen molar-refractivity contribution in [1.29, 1.82) is 0 Å². The zero-order valence-electron chi connectivity index (χ0n) is 12.4. The van der Waals surface area contributed by atoms with E-state index in [2.05, 4.69) is 17.0 Å². The fourth-order valence-electron chi connectivity index (χ4n) is 2.78. The summed E-state index contributed by atoms with van der Waals surface area (Å²) in [5.41, 5.74) is 0. The standard InChI is InChI=1S/C14H26F2N2O2/c1-3-4-5-11-6-12(17-7-13(15)16)9-18(8-11)10-14(19)20-2/h11-13,17H,3-10H2,1-2H3. The number of methoxy groups -OCH3 is 1. The number of esters is 1. The fourth-order valence-corrected chi connectivity index (χ4v) is 2.78. The lowest BCUT2D eigenvalue weighted by molar-refractivity contribution is -0.142. The highest BCUT2D eigenvalue weighted by molar-refractivity contribution is 5.71. The quantitative estimate of drug-likeness (QED) is 0.694. The highest BCUT2D eigenvalue weighted by Gasteiger charge is 2.28. The van der Waals surface area contributed by atoms with E-state index >= 15 is 0 Å². The van der Waals surface area contributed by atoms with Crippen LogP contribution in [0.4, 0.5) is 8.78 Å². The van der Waals surface area contributed by atoms with E-state index in [0.29, 0.717) is 12.5 Å². The third-order valence-corrected chi connectivity index (χ3v) is 3.72. The summed E-state index contributed by atoms with van der Waals surface area (Å²) in [5, 5.41) is 2.90. The van der Waals surface area contributed by atoms with E-state index in [1.807, 2.05) is 4.90 Å². The molecule has 0 aromatic carbocycles. The van der Waals surface area contributed by atoms with Crippen molar-refractivity contribution >= 4 is 5.97 Å². The Morgan fingerprint density at radius 2 is 2.20 bits per heavy atom. The molecule has 6 heteroatoms. The van der Waals surface area contributed by atoms with Gasteiger partial charge in [-0.05, 0) is 18.8 Å². The van der Waals surface area contributed by atoms with Crippen molar-refractivity contribution in [3.05, 3.63) is 0 Å². The Morgan fingerprint density at radius 3 is 2.80 bits per heavy atom. The minimum atomic E-state index is -2.33. The van der Waals surface area contributed by atoms with Crippen LogP contribution in [0, 0.1) is 5.92 Å². The summed E-state index contributed by atoms with van der Waals surface area (Å²) in [6.45, 7) is 3.58. The predicted octanol–water partition coefficient (Wildman–Crippen LogP) is 1.89. The Bertz CT molecular complexity index is 290. The van der Waals surface area contributed by atoms with Crippen molar-refractivity contribution in [3.63, 3.8) is 0 Å². The maximum Gasteiger partial charge on any atom is 0.319 e. The Balaban J connectivity index is 2.50. The molecule has 118 valence electrons. The average Bonchev–Trinajstić information content (AvgIpc) is 2.42. The highest BCUT2D eigenvalue weighted by atomic mass is 19.3. The van der Waals surface area contributed by atoms with Crippen molar-refractivity contribution < 1.29 is 18.3 Å². The minimum Gasteiger partial charge on any atom is -0.468 e. The summed E-state index contributed by atoms with van der Waals surface area (Å²) in [4.78, 5) is 13.4. The summed E-state index contributed by atoms with van der Waals surface area (Å²) < 4.78 is 29.3. The first-order valence-corrected chi connectivity index (χ1v) is 7.35. The molecule has 0 aliphatic carbocycles. The fraction of sp³-hybridized carbons (Fsp3) is 0.929. The predicted molar refractivity (Wildman–Crippen MR) is 73.9 cm³/mol. The smallest absolute Gasteiger partial charge is 0.319 e. The van der Waals surface area contributed by atoms with Crippen LogP contribution in [0.2, 0.25) is 0 Å². The molecule has 1 aliphatic rings. The summed E-state index contributed by atoms with van der Waals surface area (Å²) >= 11 is 0. The molecule has 1 heterocycles. The lowest BCUT2D eigenvalue weighted by atomic mass is 9.90. The molecule has 0 aromatic heterocycles. The number of nitrogens with zero attached hydrogens (tertiary/aromatic N) is 1. The second-order valence-corrected chi connectivity index (χ2v) is 5.51. The van der Waals surface area contributed by atoms with Crippen molar-refractivity contribution in [2.24, 2.45) is 5.92 Å². The number of halogens is 2. The number of unbranched alkanes of at least 4 members (excludes halogenated alkanes) is 1. The third kappa shape index (κ3) is 6.61. The van der Waals surface area contributed by atoms with Gasteiger partial charge in [0.05, 0.1) is 20.2 Å². The molecule has 2 atom stereocenters. The molecule has 1 fully saturated rings. The number of carbonyl (C=O) groups excluding carboxylic acids is 1. The van der Waals surface area contributed by atoms with Crippen molar-refractivity contribution in [1.82, 2.24) is 10.2 Å². The summed E-state index contributed by atoms with van der Waals surface area (Å²) in [6, 6.07) is 0.0317. The SMILES string of the molecule is CCCCC1CC(NCC(F)F)CN(CC(=O)OC)C1. The number of nitrogens with one attached hydrogen (secondary N) is 1. The molecule has 0 radical (unpaired) electrons. The number of rotatable bonds is 8. The first kappa shape index (κ1) is 17.3. The molecule has 1 rings (SSSR count). The number of piperidine rings is 1. The van der Waals surface area contributed by atoms with E-state index in [-0.39, 0.29) is 25.1 Å². The van der Waals surface area contributed by atoms with Crippen molar-refractivity contribution in [2.75, 3.05) is 33.3 Å². The molecular weight excluding hydrogens is 266 g/mol. The molecule has 0 bridgehead atoms. The van der Waals surface area contributed by atoms with Gasteiger partial charge in [0.1, 0.15) is 0 Å².